The number of hydrogen-bond acceptors (Lipinski definition) is 5. The lowest BCUT2D eigenvalue weighted by Gasteiger charge is -2.08. The Balaban J connectivity index is 2.25. The molecule has 0 fully saturated rings. The lowest BCUT2D eigenvalue weighted by atomic mass is 9.98. The fourth-order valence-electron chi connectivity index (χ4n) is 2.46. The number of hydrogen-bond donors (Lipinski definition) is 2. The van der Waals surface area contributed by atoms with Crippen molar-refractivity contribution in [2.24, 2.45) is 5.92 Å². The Labute approximate surface area is 150 Å². The van der Waals surface area contributed by atoms with Gasteiger partial charge >= 0.3 is 0 Å². The Morgan fingerprint density at radius 2 is 2.08 bits per heavy atom. The molecule has 2 heterocycles. The normalized spacial score (nSPS) is 12.8. The van der Waals surface area contributed by atoms with Crippen LogP contribution >= 0.6 is 23.1 Å². The average Bonchev–Trinajstić information content (AvgIpc) is 2.80. The Bertz CT molecular complexity index is 780. The SMILES string of the molecule is CCC(C)Cc1c(C)sc2nc(SCC(=O)NC(C)C)[nH]c(=O)c12. The van der Waals surface area contributed by atoms with Crippen LogP contribution in [0.4, 0.5) is 0 Å². The van der Waals surface area contributed by atoms with Gasteiger partial charge < -0.3 is 10.3 Å². The zero-order chi connectivity index (χ0) is 17.9. The molecule has 2 rings (SSSR count). The number of nitrogens with zero attached hydrogens (tertiary/aromatic N) is 1. The summed E-state index contributed by atoms with van der Waals surface area (Å²) in [7, 11) is 0. The molecule has 0 aliphatic rings. The molecule has 2 N–H and O–H groups in total. The van der Waals surface area contributed by atoms with Gasteiger partial charge in [-0.2, -0.15) is 0 Å². The Hall–Kier alpha value is -1.34. The van der Waals surface area contributed by atoms with Gasteiger partial charge in [-0.05, 0) is 38.7 Å². The second-order valence-electron chi connectivity index (χ2n) is 6.42. The molecule has 0 aliphatic heterocycles. The molecule has 0 saturated carbocycles. The van der Waals surface area contributed by atoms with Crippen molar-refractivity contribution in [2.45, 2.75) is 58.7 Å². The number of thioether (sulfide) groups is 1. The largest absolute Gasteiger partial charge is 0.353 e. The summed E-state index contributed by atoms with van der Waals surface area (Å²) in [6, 6.07) is 0.107. The number of carbonyl (C=O) groups is 1. The first-order valence-corrected chi connectivity index (χ1v) is 10.1. The maximum absolute atomic E-state index is 12.5. The fraction of sp³-hybridized carbons (Fsp3) is 0.588. The van der Waals surface area contributed by atoms with Gasteiger partial charge in [0.1, 0.15) is 4.83 Å². The summed E-state index contributed by atoms with van der Waals surface area (Å²) in [5, 5.41) is 4.05. The molecule has 5 nitrogen and oxygen atoms in total. The highest BCUT2D eigenvalue weighted by Crippen LogP contribution is 2.30. The van der Waals surface area contributed by atoms with Gasteiger partial charge in [-0.15, -0.1) is 11.3 Å². The first-order valence-electron chi connectivity index (χ1n) is 8.26. The third-order valence-corrected chi connectivity index (χ3v) is 5.79. The van der Waals surface area contributed by atoms with Gasteiger partial charge in [0.25, 0.3) is 5.56 Å². The summed E-state index contributed by atoms with van der Waals surface area (Å²) in [6.07, 6.45) is 1.98. The highest BCUT2D eigenvalue weighted by molar-refractivity contribution is 7.99. The number of aryl methyl sites for hydroxylation is 1. The van der Waals surface area contributed by atoms with Gasteiger partial charge in [0.15, 0.2) is 5.16 Å². The number of aromatic nitrogens is 2. The smallest absolute Gasteiger partial charge is 0.260 e. The second-order valence-corrected chi connectivity index (χ2v) is 8.58. The van der Waals surface area contributed by atoms with Crippen LogP contribution in [0.3, 0.4) is 0 Å². The molecule has 0 spiro atoms. The number of rotatable bonds is 7. The molecular weight excluding hydrogens is 342 g/mol. The van der Waals surface area contributed by atoms with Crippen molar-refractivity contribution in [1.82, 2.24) is 15.3 Å². The quantitative estimate of drug-likeness (QED) is 0.580. The van der Waals surface area contributed by atoms with Crippen molar-refractivity contribution in [2.75, 3.05) is 5.75 Å². The Kier molecular flexibility index (Phi) is 6.46. The van der Waals surface area contributed by atoms with E-state index in [1.807, 2.05) is 20.8 Å². The minimum Gasteiger partial charge on any atom is -0.353 e. The maximum Gasteiger partial charge on any atom is 0.260 e. The molecular formula is C17H25N3O2S2. The van der Waals surface area contributed by atoms with E-state index in [9.17, 15) is 9.59 Å². The van der Waals surface area contributed by atoms with Crippen molar-refractivity contribution in [3.63, 3.8) is 0 Å². The lowest BCUT2D eigenvalue weighted by molar-refractivity contribution is -0.119. The monoisotopic (exact) mass is 367 g/mol. The molecule has 1 unspecified atom stereocenters. The van der Waals surface area contributed by atoms with Crippen LogP contribution in [0.25, 0.3) is 10.2 Å². The van der Waals surface area contributed by atoms with E-state index in [1.54, 1.807) is 11.3 Å². The Morgan fingerprint density at radius 1 is 1.38 bits per heavy atom. The predicted molar refractivity (Wildman–Crippen MR) is 102 cm³/mol. The summed E-state index contributed by atoms with van der Waals surface area (Å²) in [5.41, 5.74) is 1.02. The minimum atomic E-state index is -0.102. The van der Waals surface area contributed by atoms with E-state index in [4.69, 9.17) is 0 Å². The molecule has 1 atom stereocenters. The van der Waals surface area contributed by atoms with Crippen molar-refractivity contribution in [3.8, 4) is 0 Å². The van der Waals surface area contributed by atoms with Crippen LogP contribution in [0.15, 0.2) is 9.95 Å². The highest BCUT2D eigenvalue weighted by Gasteiger charge is 2.17. The standard InChI is InChI=1S/C17H25N3O2S2/c1-6-10(4)7-12-11(5)24-16-14(12)15(22)19-17(20-16)23-8-13(21)18-9(2)3/h9-10H,6-8H2,1-5H3,(H,18,21)(H,19,20,22). The zero-order valence-electron chi connectivity index (χ0n) is 14.9. The van der Waals surface area contributed by atoms with Crippen LogP contribution in [-0.4, -0.2) is 27.7 Å². The van der Waals surface area contributed by atoms with Crippen molar-refractivity contribution >= 4 is 39.2 Å². The van der Waals surface area contributed by atoms with E-state index in [0.717, 1.165) is 28.1 Å². The van der Waals surface area contributed by atoms with E-state index in [-0.39, 0.29) is 23.3 Å². The number of aromatic amines is 1. The topological polar surface area (TPSA) is 74.8 Å². The number of H-pyrrole nitrogens is 1. The number of fused-ring (bicyclic) bond motifs is 1. The summed E-state index contributed by atoms with van der Waals surface area (Å²) >= 11 is 2.82. The maximum atomic E-state index is 12.5. The summed E-state index contributed by atoms with van der Waals surface area (Å²) in [6.45, 7) is 10.2. The molecule has 1 amide bonds. The summed E-state index contributed by atoms with van der Waals surface area (Å²) in [5.74, 6) is 0.726. The second kappa shape index (κ2) is 8.16. The average molecular weight is 368 g/mol. The van der Waals surface area contributed by atoms with Gasteiger partial charge in [0.2, 0.25) is 5.91 Å². The molecule has 132 valence electrons. The lowest BCUT2D eigenvalue weighted by Crippen LogP contribution is -2.31. The van der Waals surface area contributed by atoms with Crippen LogP contribution in [-0.2, 0) is 11.2 Å². The van der Waals surface area contributed by atoms with Crippen molar-refractivity contribution in [3.05, 3.63) is 20.8 Å². The minimum absolute atomic E-state index is 0.0578. The number of thiophene rings is 1. The first-order chi connectivity index (χ1) is 11.3. The highest BCUT2D eigenvalue weighted by atomic mass is 32.2. The van der Waals surface area contributed by atoms with Crippen LogP contribution in [0.2, 0.25) is 0 Å². The molecule has 2 aromatic heterocycles. The molecule has 0 aliphatic carbocycles. The molecule has 2 aromatic rings. The van der Waals surface area contributed by atoms with E-state index in [2.05, 4.69) is 29.1 Å². The number of amides is 1. The van der Waals surface area contributed by atoms with Gasteiger partial charge in [-0.1, -0.05) is 32.0 Å². The molecule has 0 radical (unpaired) electrons. The van der Waals surface area contributed by atoms with E-state index in [1.165, 1.54) is 11.8 Å². The zero-order valence-corrected chi connectivity index (χ0v) is 16.5. The molecule has 24 heavy (non-hydrogen) atoms. The van der Waals surface area contributed by atoms with Gasteiger partial charge in [-0.3, -0.25) is 9.59 Å². The van der Waals surface area contributed by atoms with E-state index < -0.39 is 0 Å². The van der Waals surface area contributed by atoms with E-state index >= 15 is 0 Å². The van der Waals surface area contributed by atoms with E-state index in [0.29, 0.717) is 16.5 Å². The fourth-order valence-corrected chi connectivity index (χ4v) is 4.24. The molecule has 0 saturated heterocycles. The third-order valence-electron chi connectivity index (χ3n) is 3.88. The predicted octanol–water partition coefficient (Wildman–Crippen LogP) is 3.50. The number of nitrogens with one attached hydrogen (secondary N) is 2. The molecule has 0 aromatic carbocycles. The van der Waals surface area contributed by atoms with Crippen LogP contribution in [0.5, 0.6) is 0 Å². The first kappa shape index (κ1) is 19.0. The van der Waals surface area contributed by atoms with Crippen LogP contribution in [0.1, 0.15) is 44.6 Å². The van der Waals surface area contributed by atoms with Crippen molar-refractivity contribution < 1.29 is 4.79 Å². The van der Waals surface area contributed by atoms with Crippen LogP contribution in [0, 0.1) is 12.8 Å². The van der Waals surface area contributed by atoms with Gasteiger partial charge in [0, 0.05) is 10.9 Å². The van der Waals surface area contributed by atoms with Crippen molar-refractivity contribution in [1.29, 1.82) is 0 Å². The summed E-state index contributed by atoms with van der Waals surface area (Å²) in [4.78, 5) is 33.6. The number of carbonyl (C=O) groups excluding carboxylic acids is 1. The Morgan fingerprint density at radius 3 is 2.71 bits per heavy atom. The van der Waals surface area contributed by atoms with Gasteiger partial charge in [-0.25, -0.2) is 4.98 Å². The molecule has 0 bridgehead atoms. The summed E-state index contributed by atoms with van der Waals surface area (Å²) < 4.78 is 0. The van der Waals surface area contributed by atoms with Crippen LogP contribution < -0.4 is 10.9 Å². The van der Waals surface area contributed by atoms with Gasteiger partial charge in [0.05, 0.1) is 11.1 Å². The molecule has 7 heteroatoms. The third kappa shape index (κ3) is 4.60.